The van der Waals surface area contributed by atoms with Crippen molar-refractivity contribution in [2.45, 2.75) is 25.3 Å². The highest BCUT2D eigenvalue weighted by Gasteiger charge is 2.21. The summed E-state index contributed by atoms with van der Waals surface area (Å²) in [6.45, 7) is 2.55. The van der Waals surface area contributed by atoms with Crippen LogP contribution in [0.1, 0.15) is 29.6 Å². The molecule has 6 nitrogen and oxygen atoms in total. The monoisotopic (exact) mass is 378 g/mol. The molecule has 3 aromatic rings. The summed E-state index contributed by atoms with van der Waals surface area (Å²) in [5, 5.41) is 16.8. The van der Waals surface area contributed by atoms with Crippen molar-refractivity contribution >= 4 is 11.4 Å². The summed E-state index contributed by atoms with van der Waals surface area (Å²) in [6.07, 6.45) is 7.14. The molecule has 1 saturated heterocycles. The Hall–Kier alpha value is -2.70. The number of piperidine rings is 1. The van der Waals surface area contributed by atoms with Crippen LogP contribution < -0.4 is 5.32 Å². The van der Waals surface area contributed by atoms with Crippen LogP contribution >= 0.6 is 0 Å². The molecular weight excluding hydrogens is 352 g/mol. The number of nitrogens with zero attached hydrogens (tertiary/aromatic N) is 3. The van der Waals surface area contributed by atoms with Crippen molar-refractivity contribution in [3.8, 4) is 11.1 Å². The van der Waals surface area contributed by atoms with E-state index in [1.165, 1.54) is 6.42 Å². The second-order valence-corrected chi connectivity index (χ2v) is 7.29. The van der Waals surface area contributed by atoms with Crippen LogP contribution in [0.2, 0.25) is 0 Å². The van der Waals surface area contributed by atoms with E-state index in [0.29, 0.717) is 12.1 Å². The lowest BCUT2D eigenvalue weighted by Gasteiger charge is -2.34. The quantitative estimate of drug-likeness (QED) is 0.692. The van der Waals surface area contributed by atoms with Gasteiger partial charge in [0.15, 0.2) is 0 Å². The zero-order valence-electron chi connectivity index (χ0n) is 15.9. The summed E-state index contributed by atoms with van der Waals surface area (Å²) >= 11 is 0. The molecular formula is C22H26N4O2. The zero-order valence-corrected chi connectivity index (χ0v) is 15.9. The molecule has 28 heavy (non-hydrogen) atoms. The molecule has 2 N–H and O–H groups in total. The van der Waals surface area contributed by atoms with Crippen LogP contribution in [0.25, 0.3) is 16.6 Å². The van der Waals surface area contributed by atoms with E-state index < -0.39 is 0 Å². The lowest BCUT2D eigenvalue weighted by Crippen LogP contribution is -2.45. The Morgan fingerprint density at radius 3 is 2.86 bits per heavy atom. The maximum Gasteiger partial charge on any atom is 0.251 e. The number of aliphatic hydroxyl groups is 1. The summed E-state index contributed by atoms with van der Waals surface area (Å²) in [5.41, 5.74) is 3.78. The van der Waals surface area contributed by atoms with Crippen molar-refractivity contribution in [2.24, 2.45) is 0 Å². The Bertz CT molecular complexity index is 935. The van der Waals surface area contributed by atoms with Gasteiger partial charge in [-0.15, -0.1) is 0 Å². The molecule has 1 fully saturated rings. The number of amides is 1. The van der Waals surface area contributed by atoms with E-state index in [2.05, 4.69) is 15.3 Å². The Morgan fingerprint density at radius 1 is 1.18 bits per heavy atom. The normalized spacial score (nSPS) is 17.7. The van der Waals surface area contributed by atoms with E-state index >= 15 is 0 Å². The molecule has 1 amide bonds. The number of aliphatic hydroxyl groups excluding tert-OH is 1. The van der Waals surface area contributed by atoms with Gasteiger partial charge in [-0.3, -0.25) is 9.69 Å². The van der Waals surface area contributed by atoms with Gasteiger partial charge in [0.05, 0.1) is 18.3 Å². The Kier molecular flexibility index (Phi) is 5.69. The second-order valence-electron chi connectivity index (χ2n) is 7.29. The van der Waals surface area contributed by atoms with Gasteiger partial charge in [-0.1, -0.05) is 24.6 Å². The molecule has 0 saturated carbocycles. The van der Waals surface area contributed by atoms with Crippen LogP contribution in [0, 0.1) is 0 Å². The number of carbonyl (C=O) groups excluding carboxylic acids is 1. The van der Waals surface area contributed by atoms with E-state index in [-0.39, 0.29) is 18.6 Å². The summed E-state index contributed by atoms with van der Waals surface area (Å²) in [5.74, 6) is -0.0658. The van der Waals surface area contributed by atoms with Crippen molar-refractivity contribution in [3.05, 3.63) is 60.4 Å². The molecule has 146 valence electrons. The first-order valence-electron chi connectivity index (χ1n) is 9.92. The predicted octanol–water partition coefficient (Wildman–Crippen LogP) is 2.58. The van der Waals surface area contributed by atoms with Gasteiger partial charge in [0.1, 0.15) is 0 Å². The number of pyridine rings is 1. The average molecular weight is 378 g/mol. The SMILES string of the molecule is O=C(NCCN1CCCC[C@H]1CO)c1ccc(-c2cnn3ccccc23)cc1. The second kappa shape index (κ2) is 8.54. The first-order chi connectivity index (χ1) is 13.8. The molecule has 3 heterocycles. The number of fused-ring (bicyclic) bond motifs is 1. The smallest absolute Gasteiger partial charge is 0.251 e. The third-order valence-electron chi connectivity index (χ3n) is 5.53. The van der Waals surface area contributed by atoms with Gasteiger partial charge in [-0.25, -0.2) is 4.52 Å². The Labute approximate surface area is 164 Å². The largest absolute Gasteiger partial charge is 0.395 e. The summed E-state index contributed by atoms with van der Waals surface area (Å²) in [4.78, 5) is 14.7. The van der Waals surface area contributed by atoms with Gasteiger partial charge < -0.3 is 10.4 Å². The van der Waals surface area contributed by atoms with Gasteiger partial charge >= 0.3 is 0 Å². The van der Waals surface area contributed by atoms with Crippen molar-refractivity contribution in [3.63, 3.8) is 0 Å². The van der Waals surface area contributed by atoms with Gasteiger partial charge in [0, 0.05) is 36.5 Å². The molecule has 0 bridgehead atoms. The topological polar surface area (TPSA) is 69.9 Å². The molecule has 1 atom stereocenters. The van der Waals surface area contributed by atoms with Crippen LogP contribution in [-0.2, 0) is 0 Å². The van der Waals surface area contributed by atoms with Gasteiger partial charge in [0.2, 0.25) is 0 Å². The van der Waals surface area contributed by atoms with E-state index in [4.69, 9.17) is 0 Å². The zero-order chi connectivity index (χ0) is 19.3. The molecule has 2 aromatic heterocycles. The maximum atomic E-state index is 12.5. The summed E-state index contributed by atoms with van der Waals surface area (Å²) in [7, 11) is 0. The van der Waals surface area contributed by atoms with E-state index in [9.17, 15) is 9.90 Å². The van der Waals surface area contributed by atoms with E-state index in [0.717, 1.165) is 42.6 Å². The third kappa shape index (κ3) is 3.93. The third-order valence-corrected chi connectivity index (χ3v) is 5.53. The fourth-order valence-electron chi connectivity index (χ4n) is 3.93. The van der Waals surface area contributed by atoms with E-state index in [1.807, 2.05) is 59.4 Å². The maximum absolute atomic E-state index is 12.5. The number of benzene rings is 1. The first-order valence-corrected chi connectivity index (χ1v) is 9.92. The molecule has 1 aromatic carbocycles. The minimum Gasteiger partial charge on any atom is -0.395 e. The highest BCUT2D eigenvalue weighted by molar-refractivity contribution is 5.95. The minimum atomic E-state index is -0.0658. The first kappa shape index (κ1) is 18.7. The number of carbonyl (C=O) groups is 1. The number of rotatable bonds is 6. The summed E-state index contributed by atoms with van der Waals surface area (Å²) < 4.78 is 1.84. The molecule has 0 unspecified atom stereocenters. The molecule has 1 aliphatic heterocycles. The van der Waals surface area contributed by atoms with Crippen molar-refractivity contribution in [1.29, 1.82) is 0 Å². The molecule has 6 heteroatoms. The fraction of sp³-hybridized carbons (Fsp3) is 0.364. The van der Waals surface area contributed by atoms with Gasteiger partial charge in [0.25, 0.3) is 5.91 Å². The highest BCUT2D eigenvalue weighted by Crippen LogP contribution is 2.24. The van der Waals surface area contributed by atoms with Crippen LogP contribution in [0.15, 0.2) is 54.9 Å². The summed E-state index contributed by atoms with van der Waals surface area (Å²) in [6, 6.07) is 13.8. The van der Waals surface area contributed by atoms with Crippen molar-refractivity contribution in [1.82, 2.24) is 19.8 Å². The molecule has 0 radical (unpaired) electrons. The number of hydrogen-bond donors (Lipinski definition) is 2. The average Bonchev–Trinajstić information content (AvgIpc) is 3.18. The Morgan fingerprint density at radius 2 is 2.04 bits per heavy atom. The van der Waals surface area contributed by atoms with Crippen LogP contribution in [-0.4, -0.2) is 57.8 Å². The number of aromatic nitrogens is 2. The fourth-order valence-corrected chi connectivity index (χ4v) is 3.93. The molecule has 0 aliphatic carbocycles. The lowest BCUT2D eigenvalue weighted by atomic mass is 10.0. The number of hydrogen-bond acceptors (Lipinski definition) is 4. The molecule has 0 spiro atoms. The lowest BCUT2D eigenvalue weighted by molar-refractivity contribution is 0.0849. The molecule has 1 aliphatic rings. The van der Waals surface area contributed by atoms with Crippen molar-refractivity contribution in [2.75, 3.05) is 26.2 Å². The standard InChI is InChI=1S/C22H26N4O2/c27-16-19-5-1-3-12-25(19)14-11-23-22(28)18-9-7-17(8-10-18)20-15-24-26-13-4-2-6-21(20)26/h2,4,6-10,13,15,19,27H,1,3,5,11-12,14,16H2,(H,23,28)/t19-/m0/s1. The predicted molar refractivity (Wildman–Crippen MR) is 109 cm³/mol. The van der Waals surface area contributed by atoms with Gasteiger partial charge in [-0.2, -0.15) is 5.10 Å². The number of nitrogens with one attached hydrogen (secondary N) is 1. The van der Waals surface area contributed by atoms with Crippen LogP contribution in [0.5, 0.6) is 0 Å². The Balaban J connectivity index is 1.36. The van der Waals surface area contributed by atoms with Crippen molar-refractivity contribution < 1.29 is 9.90 Å². The highest BCUT2D eigenvalue weighted by atomic mass is 16.3. The van der Waals surface area contributed by atoms with Gasteiger partial charge in [-0.05, 0) is 49.2 Å². The van der Waals surface area contributed by atoms with Crippen LogP contribution in [0.3, 0.4) is 0 Å². The minimum absolute atomic E-state index is 0.0658. The number of likely N-dealkylation sites (tertiary alicyclic amines) is 1. The molecule has 4 rings (SSSR count). The van der Waals surface area contributed by atoms with Crippen LogP contribution in [0.4, 0.5) is 0 Å². The van der Waals surface area contributed by atoms with E-state index in [1.54, 1.807) is 0 Å².